The van der Waals surface area contributed by atoms with E-state index in [1.165, 1.54) is 0 Å². The highest BCUT2D eigenvalue weighted by atomic mass is 16.5. The summed E-state index contributed by atoms with van der Waals surface area (Å²) in [4.78, 5) is 15.9. The zero-order valence-corrected chi connectivity index (χ0v) is 12.6. The van der Waals surface area contributed by atoms with E-state index in [1.807, 2.05) is 39.0 Å². The van der Waals surface area contributed by atoms with E-state index in [0.717, 1.165) is 22.4 Å². The standard InChI is InChI=1S/C18H19NO2/c1-4-21-18-13(2)11-15(12-14(18)3)5-6-17(20)16-7-9-19-10-8-16/h5-12H,4H2,1-3H3/b6-5+. The molecule has 0 N–H and O–H groups in total. The predicted octanol–water partition coefficient (Wildman–Crippen LogP) is 3.99. The quantitative estimate of drug-likeness (QED) is 0.614. The van der Waals surface area contributed by atoms with Gasteiger partial charge < -0.3 is 4.74 Å². The zero-order valence-electron chi connectivity index (χ0n) is 12.6. The largest absolute Gasteiger partial charge is 0.493 e. The van der Waals surface area contributed by atoms with Gasteiger partial charge in [-0.1, -0.05) is 6.08 Å². The number of aryl methyl sites for hydroxylation is 2. The second kappa shape index (κ2) is 6.84. The molecule has 21 heavy (non-hydrogen) atoms. The Bertz CT molecular complexity index is 637. The van der Waals surface area contributed by atoms with Crippen LogP contribution in [0.5, 0.6) is 5.75 Å². The van der Waals surface area contributed by atoms with Crippen LogP contribution in [0.25, 0.3) is 6.08 Å². The molecule has 108 valence electrons. The van der Waals surface area contributed by atoms with Crippen molar-refractivity contribution in [1.82, 2.24) is 4.98 Å². The Kier molecular flexibility index (Phi) is 4.88. The average molecular weight is 281 g/mol. The lowest BCUT2D eigenvalue weighted by molar-refractivity contribution is 0.104. The molecule has 1 heterocycles. The molecule has 0 aliphatic carbocycles. The molecule has 0 amide bonds. The van der Waals surface area contributed by atoms with E-state index in [2.05, 4.69) is 4.98 Å². The van der Waals surface area contributed by atoms with E-state index in [1.54, 1.807) is 30.6 Å². The van der Waals surface area contributed by atoms with Crippen molar-refractivity contribution in [2.45, 2.75) is 20.8 Å². The van der Waals surface area contributed by atoms with Crippen molar-refractivity contribution >= 4 is 11.9 Å². The molecule has 2 rings (SSSR count). The number of aromatic nitrogens is 1. The highest BCUT2D eigenvalue weighted by Gasteiger charge is 2.05. The third-order valence-corrected chi connectivity index (χ3v) is 3.16. The van der Waals surface area contributed by atoms with Crippen LogP contribution in [-0.4, -0.2) is 17.4 Å². The maximum Gasteiger partial charge on any atom is 0.185 e. The monoisotopic (exact) mass is 281 g/mol. The second-order valence-corrected chi connectivity index (χ2v) is 4.85. The molecular formula is C18H19NO2. The van der Waals surface area contributed by atoms with Crippen molar-refractivity contribution in [2.75, 3.05) is 6.61 Å². The van der Waals surface area contributed by atoms with Gasteiger partial charge in [-0.2, -0.15) is 0 Å². The predicted molar refractivity (Wildman–Crippen MR) is 84.7 cm³/mol. The first-order valence-electron chi connectivity index (χ1n) is 6.98. The van der Waals surface area contributed by atoms with Crippen LogP contribution in [0.2, 0.25) is 0 Å². The van der Waals surface area contributed by atoms with Gasteiger partial charge in [-0.25, -0.2) is 0 Å². The van der Waals surface area contributed by atoms with Crippen molar-refractivity contribution in [2.24, 2.45) is 0 Å². The van der Waals surface area contributed by atoms with Crippen LogP contribution in [0.4, 0.5) is 0 Å². The number of allylic oxidation sites excluding steroid dienone is 1. The molecule has 0 spiro atoms. The summed E-state index contributed by atoms with van der Waals surface area (Å²) in [6.45, 7) is 6.65. The van der Waals surface area contributed by atoms with E-state index in [4.69, 9.17) is 4.74 Å². The van der Waals surface area contributed by atoms with Gasteiger partial charge in [0.2, 0.25) is 0 Å². The van der Waals surface area contributed by atoms with Gasteiger partial charge in [-0.3, -0.25) is 9.78 Å². The van der Waals surface area contributed by atoms with Gasteiger partial charge in [0, 0.05) is 18.0 Å². The molecule has 0 aliphatic heterocycles. The van der Waals surface area contributed by atoms with Crippen LogP contribution in [-0.2, 0) is 0 Å². The maximum atomic E-state index is 12.0. The van der Waals surface area contributed by atoms with Crippen LogP contribution in [0.3, 0.4) is 0 Å². The summed E-state index contributed by atoms with van der Waals surface area (Å²) >= 11 is 0. The summed E-state index contributed by atoms with van der Waals surface area (Å²) in [6.07, 6.45) is 6.65. The lowest BCUT2D eigenvalue weighted by Gasteiger charge is -2.11. The van der Waals surface area contributed by atoms with Gasteiger partial charge in [-0.15, -0.1) is 0 Å². The molecule has 0 saturated heterocycles. The maximum absolute atomic E-state index is 12.0. The van der Waals surface area contributed by atoms with Crippen LogP contribution >= 0.6 is 0 Å². The number of benzene rings is 1. The van der Waals surface area contributed by atoms with Crippen LogP contribution < -0.4 is 4.74 Å². The van der Waals surface area contributed by atoms with Crippen LogP contribution in [0, 0.1) is 13.8 Å². The molecule has 3 nitrogen and oxygen atoms in total. The Morgan fingerprint density at radius 1 is 1.19 bits per heavy atom. The molecule has 0 unspecified atom stereocenters. The molecule has 0 bridgehead atoms. The van der Waals surface area contributed by atoms with Crippen molar-refractivity contribution in [3.63, 3.8) is 0 Å². The van der Waals surface area contributed by atoms with Gasteiger partial charge in [0.15, 0.2) is 5.78 Å². The smallest absolute Gasteiger partial charge is 0.185 e. The minimum absolute atomic E-state index is 0.0263. The fourth-order valence-corrected chi connectivity index (χ4v) is 2.24. The summed E-state index contributed by atoms with van der Waals surface area (Å²) in [5, 5.41) is 0. The Labute approximate surface area is 125 Å². The van der Waals surface area contributed by atoms with Crippen molar-refractivity contribution in [1.29, 1.82) is 0 Å². The molecule has 0 fully saturated rings. The number of nitrogens with zero attached hydrogens (tertiary/aromatic N) is 1. The highest BCUT2D eigenvalue weighted by Crippen LogP contribution is 2.25. The number of pyridine rings is 1. The molecule has 0 saturated carbocycles. The number of ketones is 1. The number of hydrogen-bond acceptors (Lipinski definition) is 3. The molecule has 0 radical (unpaired) electrons. The van der Waals surface area contributed by atoms with Gasteiger partial charge in [-0.05, 0) is 67.8 Å². The van der Waals surface area contributed by atoms with E-state index in [9.17, 15) is 4.79 Å². The number of carbonyl (C=O) groups excluding carboxylic acids is 1. The molecule has 1 aromatic heterocycles. The number of ether oxygens (including phenoxy) is 1. The Balaban J connectivity index is 2.20. The van der Waals surface area contributed by atoms with Crippen molar-refractivity contribution in [3.8, 4) is 5.75 Å². The Hall–Kier alpha value is -2.42. The summed E-state index contributed by atoms with van der Waals surface area (Å²) in [5.74, 6) is 0.900. The normalized spacial score (nSPS) is 10.8. The van der Waals surface area contributed by atoms with E-state index in [-0.39, 0.29) is 5.78 Å². The van der Waals surface area contributed by atoms with Crippen LogP contribution in [0.1, 0.15) is 34.0 Å². The first kappa shape index (κ1) is 15.0. The van der Waals surface area contributed by atoms with E-state index >= 15 is 0 Å². The molecule has 2 aromatic rings. The SMILES string of the molecule is CCOc1c(C)cc(/C=C/C(=O)c2ccncc2)cc1C. The molecule has 0 atom stereocenters. The van der Waals surface area contributed by atoms with Crippen LogP contribution in [0.15, 0.2) is 42.7 Å². The minimum atomic E-state index is -0.0263. The second-order valence-electron chi connectivity index (χ2n) is 4.85. The van der Waals surface area contributed by atoms with E-state index in [0.29, 0.717) is 12.2 Å². The first-order chi connectivity index (χ1) is 10.1. The van der Waals surface area contributed by atoms with Crippen molar-refractivity contribution in [3.05, 3.63) is 65.0 Å². The Morgan fingerprint density at radius 2 is 1.81 bits per heavy atom. The van der Waals surface area contributed by atoms with E-state index < -0.39 is 0 Å². The number of carbonyl (C=O) groups is 1. The summed E-state index contributed by atoms with van der Waals surface area (Å²) < 4.78 is 5.62. The van der Waals surface area contributed by atoms with Gasteiger partial charge in [0.1, 0.15) is 5.75 Å². The third kappa shape index (κ3) is 3.78. The molecule has 3 heteroatoms. The fourth-order valence-electron chi connectivity index (χ4n) is 2.24. The molecule has 0 aliphatic rings. The topological polar surface area (TPSA) is 39.2 Å². The first-order valence-corrected chi connectivity index (χ1v) is 6.98. The van der Waals surface area contributed by atoms with Gasteiger partial charge in [0.25, 0.3) is 0 Å². The van der Waals surface area contributed by atoms with Gasteiger partial charge in [0.05, 0.1) is 6.61 Å². The molecular weight excluding hydrogens is 262 g/mol. The highest BCUT2D eigenvalue weighted by molar-refractivity contribution is 6.06. The summed E-state index contributed by atoms with van der Waals surface area (Å²) in [7, 11) is 0. The lowest BCUT2D eigenvalue weighted by atomic mass is 10.0. The molecule has 1 aromatic carbocycles. The Morgan fingerprint density at radius 3 is 2.38 bits per heavy atom. The average Bonchev–Trinajstić information content (AvgIpc) is 2.49. The zero-order chi connectivity index (χ0) is 15.2. The lowest BCUT2D eigenvalue weighted by Crippen LogP contribution is -1.97. The van der Waals surface area contributed by atoms with Gasteiger partial charge >= 0.3 is 0 Å². The minimum Gasteiger partial charge on any atom is -0.493 e. The van der Waals surface area contributed by atoms with Crippen molar-refractivity contribution < 1.29 is 9.53 Å². The number of hydrogen-bond donors (Lipinski definition) is 0. The summed E-state index contributed by atoms with van der Waals surface area (Å²) in [5.41, 5.74) is 3.79. The third-order valence-electron chi connectivity index (χ3n) is 3.16. The fraction of sp³-hybridized carbons (Fsp3) is 0.222. The summed E-state index contributed by atoms with van der Waals surface area (Å²) in [6, 6.07) is 7.46. The number of rotatable bonds is 5.